The van der Waals surface area contributed by atoms with E-state index in [1.165, 1.54) is 18.5 Å². The molecule has 1 saturated heterocycles. The van der Waals surface area contributed by atoms with Crippen LogP contribution >= 0.6 is 0 Å². The van der Waals surface area contributed by atoms with Crippen molar-refractivity contribution in [3.8, 4) is 17.7 Å². The zero-order valence-electron chi connectivity index (χ0n) is 18.3. The van der Waals surface area contributed by atoms with Gasteiger partial charge in [-0.25, -0.2) is 18.7 Å². The number of H-pyrrole nitrogens is 1. The summed E-state index contributed by atoms with van der Waals surface area (Å²) in [5, 5.41) is 16.3. The van der Waals surface area contributed by atoms with E-state index >= 15 is 0 Å². The Labute approximate surface area is 194 Å². The molecule has 0 saturated carbocycles. The van der Waals surface area contributed by atoms with Crippen molar-refractivity contribution in [1.29, 1.82) is 5.26 Å². The summed E-state index contributed by atoms with van der Waals surface area (Å²) in [6.45, 7) is 4.87. The Hall–Kier alpha value is -4.23. The molecule has 172 valence electrons. The number of halogens is 2. The van der Waals surface area contributed by atoms with E-state index < -0.39 is 5.82 Å². The number of benzene rings is 2. The average molecular weight is 461 g/mol. The van der Waals surface area contributed by atoms with Crippen molar-refractivity contribution < 1.29 is 13.5 Å². The number of aromatic amines is 1. The Bertz CT molecular complexity index is 1410. The highest BCUT2D eigenvalue weighted by Gasteiger charge is 2.19. The van der Waals surface area contributed by atoms with E-state index in [-0.39, 0.29) is 28.8 Å². The molecular formula is C24H21F2N7O. The van der Waals surface area contributed by atoms with Gasteiger partial charge in [0.15, 0.2) is 22.9 Å². The fraction of sp³-hybridized carbons (Fsp3) is 0.208. The third kappa shape index (κ3) is 4.09. The Kier molecular flexibility index (Phi) is 5.69. The van der Waals surface area contributed by atoms with Crippen molar-refractivity contribution >= 4 is 28.1 Å². The van der Waals surface area contributed by atoms with Gasteiger partial charge in [0.1, 0.15) is 18.2 Å². The summed E-state index contributed by atoms with van der Waals surface area (Å²) in [4.78, 5) is 13.1. The first kappa shape index (κ1) is 21.6. The van der Waals surface area contributed by atoms with Crippen molar-refractivity contribution in [2.24, 2.45) is 0 Å². The molecule has 2 aromatic heterocycles. The molecular weight excluding hydrogens is 440 g/mol. The number of aromatic nitrogens is 3. The molecule has 0 amide bonds. The number of rotatable bonds is 5. The predicted molar refractivity (Wildman–Crippen MR) is 125 cm³/mol. The number of nitrogens with zero attached hydrogens (tertiary/aromatic N) is 4. The molecule has 0 unspecified atom stereocenters. The maximum atomic E-state index is 15.0. The van der Waals surface area contributed by atoms with E-state index in [1.807, 2.05) is 17.9 Å². The third-order valence-electron chi connectivity index (χ3n) is 5.64. The van der Waals surface area contributed by atoms with Gasteiger partial charge in [-0.05, 0) is 43.3 Å². The summed E-state index contributed by atoms with van der Waals surface area (Å²) in [5.41, 5.74) is 2.35. The fourth-order valence-corrected chi connectivity index (χ4v) is 4.00. The lowest BCUT2D eigenvalue weighted by molar-refractivity contribution is 0.428. The minimum atomic E-state index is -0.565. The number of anilines is 3. The molecule has 8 nitrogen and oxygen atoms in total. The number of piperazine rings is 1. The van der Waals surface area contributed by atoms with Gasteiger partial charge in [0, 0.05) is 48.5 Å². The van der Waals surface area contributed by atoms with Crippen LogP contribution in [0.3, 0.4) is 0 Å². The molecule has 2 aromatic carbocycles. The average Bonchev–Trinajstić information content (AvgIpc) is 3.23. The number of hydrogen-bond acceptors (Lipinski definition) is 7. The van der Waals surface area contributed by atoms with E-state index in [9.17, 15) is 14.0 Å². The number of nitrogens with one attached hydrogen (secondary N) is 3. The van der Waals surface area contributed by atoms with Crippen molar-refractivity contribution in [3.05, 3.63) is 65.6 Å². The Morgan fingerprint density at radius 1 is 1.12 bits per heavy atom. The summed E-state index contributed by atoms with van der Waals surface area (Å²) in [5.74, 6) is -0.999. The maximum Gasteiger partial charge on any atom is 0.242 e. The highest BCUT2D eigenvalue weighted by Crippen LogP contribution is 2.33. The zero-order valence-corrected chi connectivity index (χ0v) is 18.3. The topological polar surface area (TPSA) is 102 Å². The van der Waals surface area contributed by atoms with Crippen LogP contribution in [-0.4, -0.2) is 41.1 Å². The van der Waals surface area contributed by atoms with Crippen molar-refractivity contribution in [3.63, 3.8) is 0 Å². The standard InChI is InChI=1S/C24H21F2N7O/c1-14-10-16-19(31-14)3-5-21(22(16)26)34-24-17(12-27)23(29-13-30-24)32-15-2-4-20(18(25)11-15)33-8-6-28-7-9-33/h2-5,10-11,13,28,31H,6-9H2,1H3,(H,29,30,32). The minimum absolute atomic E-state index is 0.0289. The molecule has 0 atom stereocenters. The second-order valence-corrected chi connectivity index (χ2v) is 7.94. The first-order chi connectivity index (χ1) is 16.5. The predicted octanol–water partition coefficient (Wildman–Crippen LogP) is 4.36. The highest BCUT2D eigenvalue weighted by atomic mass is 19.1. The number of aryl methyl sites for hydroxylation is 1. The molecule has 0 radical (unpaired) electrons. The minimum Gasteiger partial charge on any atom is -0.434 e. The van der Waals surface area contributed by atoms with Gasteiger partial charge in [-0.2, -0.15) is 5.26 Å². The van der Waals surface area contributed by atoms with Gasteiger partial charge in [-0.3, -0.25) is 0 Å². The molecule has 0 spiro atoms. The van der Waals surface area contributed by atoms with Crippen LogP contribution in [0, 0.1) is 29.9 Å². The number of ether oxygens (including phenoxy) is 1. The molecule has 34 heavy (non-hydrogen) atoms. The van der Waals surface area contributed by atoms with Crippen LogP contribution in [0.4, 0.5) is 26.0 Å². The van der Waals surface area contributed by atoms with E-state index in [2.05, 4.69) is 25.6 Å². The summed E-state index contributed by atoms with van der Waals surface area (Å²) >= 11 is 0. The Balaban J connectivity index is 1.41. The summed E-state index contributed by atoms with van der Waals surface area (Å²) in [6.07, 6.45) is 1.20. The molecule has 3 heterocycles. The van der Waals surface area contributed by atoms with Crippen molar-refractivity contribution in [2.45, 2.75) is 6.92 Å². The van der Waals surface area contributed by atoms with Crippen molar-refractivity contribution in [2.75, 3.05) is 36.4 Å². The first-order valence-corrected chi connectivity index (χ1v) is 10.8. The van der Waals surface area contributed by atoms with Crippen LogP contribution in [-0.2, 0) is 0 Å². The molecule has 1 fully saturated rings. The largest absolute Gasteiger partial charge is 0.434 e. The lowest BCUT2D eigenvalue weighted by Crippen LogP contribution is -2.43. The van der Waals surface area contributed by atoms with Gasteiger partial charge in [0.05, 0.1) is 5.69 Å². The monoisotopic (exact) mass is 461 g/mol. The van der Waals surface area contributed by atoms with E-state index in [0.29, 0.717) is 22.3 Å². The van der Waals surface area contributed by atoms with Crippen LogP contribution in [0.2, 0.25) is 0 Å². The van der Waals surface area contributed by atoms with Crippen LogP contribution in [0.5, 0.6) is 11.6 Å². The number of hydrogen-bond donors (Lipinski definition) is 3. The van der Waals surface area contributed by atoms with Crippen LogP contribution < -0.4 is 20.3 Å². The normalized spacial score (nSPS) is 13.6. The van der Waals surface area contributed by atoms with Gasteiger partial charge >= 0.3 is 0 Å². The molecule has 3 N–H and O–H groups in total. The van der Waals surface area contributed by atoms with Gasteiger partial charge in [-0.1, -0.05) is 0 Å². The molecule has 5 rings (SSSR count). The highest BCUT2D eigenvalue weighted by molar-refractivity contribution is 5.83. The summed E-state index contributed by atoms with van der Waals surface area (Å²) in [6, 6.07) is 11.6. The Morgan fingerprint density at radius 3 is 2.71 bits per heavy atom. The lowest BCUT2D eigenvalue weighted by Gasteiger charge is -2.29. The van der Waals surface area contributed by atoms with Crippen molar-refractivity contribution in [1.82, 2.24) is 20.3 Å². The van der Waals surface area contributed by atoms with Crippen LogP contribution in [0.15, 0.2) is 42.7 Å². The second kappa shape index (κ2) is 8.96. The molecule has 4 aromatic rings. The van der Waals surface area contributed by atoms with E-state index in [1.54, 1.807) is 24.3 Å². The van der Waals surface area contributed by atoms with Crippen LogP contribution in [0.1, 0.15) is 11.3 Å². The molecule has 0 bridgehead atoms. The number of nitriles is 1. The van der Waals surface area contributed by atoms with Gasteiger partial charge in [0.2, 0.25) is 5.88 Å². The molecule has 1 aliphatic rings. The lowest BCUT2D eigenvalue weighted by atomic mass is 10.2. The van der Waals surface area contributed by atoms with Gasteiger partial charge in [0.25, 0.3) is 0 Å². The zero-order chi connectivity index (χ0) is 23.7. The van der Waals surface area contributed by atoms with Crippen LogP contribution in [0.25, 0.3) is 10.9 Å². The molecule has 10 heteroatoms. The van der Waals surface area contributed by atoms with Gasteiger partial charge in [-0.15, -0.1) is 0 Å². The van der Waals surface area contributed by atoms with Gasteiger partial charge < -0.3 is 25.3 Å². The quantitative estimate of drug-likeness (QED) is 0.406. The smallest absolute Gasteiger partial charge is 0.242 e. The third-order valence-corrected chi connectivity index (χ3v) is 5.64. The molecule has 0 aliphatic carbocycles. The Morgan fingerprint density at radius 2 is 1.94 bits per heavy atom. The summed E-state index contributed by atoms with van der Waals surface area (Å²) < 4.78 is 35.4. The van der Waals surface area contributed by atoms with E-state index in [0.717, 1.165) is 31.9 Å². The molecule has 1 aliphatic heterocycles. The summed E-state index contributed by atoms with van der Waals surface area (Å²) in [7, 11) is 0. The van der Waals surface area contributed by atoms with E-state index in [4.69, 9.17) is 4.74 Å². The fourth-order valence-electron chi connectivity index (χ4n) is 4.00. The SMILES string of the molecule is Cc1cc2c(F)c(Oc3ncnc(Nc4ccc(N5CCNCC5)c(F)c4)c3C#N)ccc2[nH]1. The number of fused-ring (bicyclic) bond motifs is 1. The maximum absolute atomic E-state index is 15.0. The second-order valence-electron chi connectivity index (χ2n) is 7.94. The first-order valence-electron chi connectivity index (χ1n) is 10.8.